The van der Waals surface area contributed by atoms with E-state index >= 15 is 0 Å². The Labute approximate surface area is 117 Å². The van der Waals surface area contributed by atoms with Crippen LogP contribution in [0.2, 0.25) is 0 Å². The van der Waals surface area contributed by atoms with Gasteiger partial charge in [-0.25, -0.2) is 0 Å². The SMILES string of the molecule is Brc1cccc2c1CCC2NCC1CCCOC1. The molecule has 2 nitrogen and oxygen atoms in total. The molecule has 0 amide bonds. The van der Waals surface area contributed by atoms with Gasteiger partial charge in [0.05, 0.1) is 6.61 Å². The Kier molecular flexibility index (Phi) is 4.02. The zero-order valence-electron chi connectivity index (χ0n) is 10.6. The second-order valence-electron chi connectivity index (χ2n) is 5.39. The van der Waals surface area contributed by atoms with Crippen LogP contribution in [-0.2, 0) is 11.2 Å². The van der Waals surface area contributed by atoms with Gasteiger partial charge in [-0.05, 0) is 48.8 Å². The van der Waals surface area contributed by atoms with Gasteiger partial charge < -0.3 is 10.1 Å². The molecule has 0 aromatic heterocycles. The van der Waals surface area contributed by atoms with Crippen LogP contribution in [0.5, 0.6) is 0 Å². The minimum absolute atomic E-state index is 0.541. The van der Waals surface area contributed by atoms with Gasteiger partial charge in [0.15, 0.2) is 0 Å². The van der Waals surface area contributed by atoms with Gasteiger partial charge in [0.25, 0.3) is 0 Å². The first-order chi connectivity index (χ1) is 8.84. The normalized spacial score (nSPS) is 27.2. The highest BCUT2D eigenvalue weighted by Crippen LogP contribution is 2.35. The standard InChI is InChI=1S/C15H20BrNO/c16-14-5-1-4-13-12(14)6-7-15(13)17-9-11-3-2-8-18-10-11/h1,4-5,11,15,17H,2-3,6-10H2. The van der Waals surface area contributed by atoms with Crippen molar-refractivity contribution in [3.63, 3.8) is 0 Å². The lowest BCUT2D eigenvalue weighted by molar-refractivity contribution is 0.0538. The van der Waals surface area contributed by atoms with E-state index in [-0.39, 0.29) is 0 Å². The van der Waals surface area contributed by atoms with Crippen LogP contribution in [0.4, 0.5) is 0 Å². The van der Waals surface area contributed by atoms with Crippen molar-refractivity contribution >= 4 is 15.9 Å². The summed E-state index contributed by atoms with van der Waals surface area (Å²) in [6.45, 7) is 2.98. The second-order valence-corrected chi connectivity index (χ2v) is 6.24. The molecule has 0 spiro atoms. The molecule has 18 heavy (non-hydrogen) atoms. The fourth-order valence-corrected chi connectivity index (χ4v) is 3.68. The Morgan fingerprint density at radius 2 is 2.28 bits per heavy atom. The molecule has 1 fully saturated rings. The van der Waals surface area contributed by atoms with Gasteiger partial charge in [0, 0.05) is 23.7 Å². The molecule has 0 radical (unpaired) electrons. The molecule has 1 N–H and O–H groups in total. The van der Waals surface area contributed by atoms with E-state index in [2.05, 4.69) is 39.4 Å². The number of rotatable bonds is 3. The summed E-state index contributed by atoms with van der Waals surface area (Å²) in [6, 6.07) is 7.10. The van der Waals surface area contributed by atoms with Crippen molar-refractivity contribution in [3.05, 3.63) is 33.8 Å². The molecule has 98 valence electrons. The Hall–Kier alpha value is -0.380. The number of benzene rings is 1. The van der Waals surface area contributed by atoms with Crippen LogP contribution < -0.4 is 5.32 Å². The molecular formula is C15H20BrNO. The Morgan fingerprint density at radius 1 is 1.33 bits per heavy atom. The highest BCUT2D eigenvalue weighted by atomic mass is 79.9. The molecule has 1 heterocycles. The van der Waals surface area contributed by atoms with Crippen molar-refractivity contribution in [2.75, 3.05) is 19.8 Å². The average molecular weight is 310 g/mol. The van der Waals surface area contributed by atoms with E-state index in [1.54, 1.807) is 0 Å². The minimum Gasteiger partial charge on any atom is -0.381 e. The minimum atomic E-state index is 0.541. The van der Waals surface area contributed by atoms with Crippen LogP contribution >= 0.6 is 15.9 Å². The van der Waals surface area contributed by atoms with E-state index in [0.29, 0.717) is 12.0 Å². The summed E-state index contributed by atoms with van der Waals surface area (Å²) in [7, 11) is 0. The zero-order chi connectivity index (χ0) is 12.4. The van der Waals surface area contributed by atoms with Crippen LogP contribution in [0, 0.1) is 5.92 Å². The van der Waals surface area contributed by atoms with Gasteiger partial charge in [-0.1, -0.05) is 28.1 Å². The Balaban J connectivity index is 1.60. The summed E-state index contributed by atoms with van der Waals surface area (Å²) in [5.41, 5.74) is 2.98. The van der Waals surface area contributed by atoms with E-state index in [1.807, 2.05) is 0 Å². The van der Waals surface area contributed by atoms with Crippen molar-refractivity contribution in [1.82, 2.24) is 5.32 Å². The highest BCUT2D eigenvalue weighted by Gasteiger charge is 2.24. The van der Waals surface area contributed by atoms with Crippen molar-refractivity contribution in [2.24, 2.45) is 5.92 Å². The fraction of sp³-hybridized carbons (Fsp3) is 0.600. The van der Waals surface area contributed by atoms with E-state index < -0.39 is 0 Å². The molecule has 1 aromatic carbocycles. The lowest BCUT2D eigenvalue weighted by Crippen LogP contribution is -2.31. The molecule has 2 aliphatic rings. The monoisotopic (exact) mass is 309 g/mol. The van der Waals surface area contributed by atoms with Crippen molar-refractivity contribution < 1.29 is 4.74 Å². The number of hydrogen-bond acceptors (Lipinski definition) is 2. The molecule has 1 aliphatic heterocycles. The van der Waals surface area contributed by atoms with Gasteiger partial charge >= 0.3 is 0 Å². The maximum Gasteiger partial charge on any atom is 0.0506 e. The fourth-order valence-electron chi connectivity index (χ4n) is 3.10. The summed E-state index contributed by atoms with van der Waals surface area (Å²) in [5.74, 6) is 0.704. The van der Waals surface area contributed by atoms with Crippen LogP contribution in [0.1, 0.15) is 36.4 Å². The topological polar surface area (TPSA) is 21.3 Å². The summed E-state index contributed by atoms with van der Waals surface area (Å²) < 4.78 is 6.81. The number of nitrogens with one attached hydrogen (secondary N) is 1. The van der Waals surface area contributed by atoms with Crippen LogP contribution in [0.3, 0.4) is 0 Å². The number of fused-ring (bicyclic) bond motifs is 1. The predicted octanol–water partition coefficient (Wildman–Crippen LogP) is 3.45. The van der Waals surface area contributed by atoms with E-state index in [9.17, 15) is 0 Å². The van der Waals surface area contributed by atoms with E-state index in [1.165, 1.54) is 41.3 Å². The lowest BCUT2D eigenvalue weighted by atomic mass is 10.0. The van der Waals surface area contributed by atoms with Crippen LogP contribution in [0.15, 0.2) is 22.7 Å². The maximum atomic E-state index is 5.54. The second kappa shape index (κ2) is 5.72. The van der Waals surface area contributed by atoms with Crippen molar-refractivity contribution in [3.8, 4) is 0 Å². The number of halogens is 1. The molecular weight excluding hydrogens is 290 g/mol. The predicted molar refractivity (Wildman–Crippen MR) is 76.7 cm³/mol. The van der Waals surface area contributed by atoms with Gasteiger partial charge in [-0.15, -0.1) is 0 Å². The molecule has 2 unspecified atom stereocenters. The molecule has 3 heteroatoms. The van der Waals surface area contributed by atoms with Crippen LogP contribution in [0.25, 0.3) is 0 Å². The van der Waals surface area contributed by atoms with Gasteiger partial charge in [0.1, 0.15) is 0 Å². The van der Waals surface area contributed by atoms with Crippen LogP contribution in [-0.4, -0.2) is 19.8 Å². The first-order valence-electron chi connectivity index (χ1n) is 6.93. The van der Waals surface area contributed by atoms with Crippen molar-refractivity contribution in [2.45, 2.75) is 31.7 Å². The van der Waals surface area contributed by atoms with Gasteiger partial charge in [-0.3, -0.25) is 0 Å². The average Bonchev–Trinajstić information content (AvgIpc) is 2.82. The highest BCUT2D eigenvalue weighted by molar-refractivity contribution is 9.10. The molecule has 0 saturated carbocycles. The molecule has 1 aliphatic carbocycles. The van der Waals surface area contributed by atoms with Crippen molar-refractivity contribution in [1.29, 1.82) is 0 Å². The lowest BCUT2D eigenvalue weighted by Gasteiger charge is -2.24. The maximum absolute atomic E-state index is 5.54. The number of ether oxygens (including phenoxy) is 1. The zero-order valence-corrected chi connectivity index (χ0v) is 12.2. The Morgan fingerprint density at radius 3 is 3.11 bits per heavy atom. The molecule has 1 aromatic rings. The summed E-state index contributed by atoms with van der Waals surface area (Å²) >= 11 is 3.65. The third kappa shape index (κ3) is 2.63. The number of hydrogen-bond donors (Lipinski definition) is 1. The van der Waals surface area contributed by atoms with Gasteiger partial charge in [-0.2, -0.15) is 0 Å². The molecule has 2 atom stereocenters. The third-order valence-electron chi connectivity index (χ3n) is 4.12. The third-order valence-corrected chi connectivity index (χ3v) is 4.86. The molecule has 0 bridgehead atoms. The summed E-state index contributed by atoms with van der Waals surface area (Å²) in [4.78, 5) is 0. The first-order valence-corrected chi connectivity index (χ1v) is 7.72. The smallest absolute Gasteiger partial charge is 0.0506 e. The largest absolute Gasteiger partial charge is 0.381 e. The summed E-state index contributed by atoms with van der Waals surface area (Å²) in [6.07, 6.45) is 4.95. The Bertz CT molecular complexity index is 415. The van der Waals surface area contributed by atoms with E-state index in [0.717, 1.165) is 19.8 Å². The molecule has 3 rings (SSSR count). The molecule has 1 saturated heterocycles. The quantitative estimate of drug-likeness (QED) is 0.923. The first kappa shape index (κ1) is 12.6. The summed E-state index contributed by atoms with van der Waals surface area (Å²) in [5, 5.41) is 3.73. The van der Waals surface area contributed by atoms with E-state index in [4.69, 9.17) is 4.74 Å². The van der Waals surface area contributed by atoms with Gasteiger partial charge in [0.2, 0.25) is 0 Å².